The minimum atomic E-state index is -0.781. The summed E-state index contributed by atoms with van der Waals surface area (Å²) in [5.74, 6) is -1.42. The minimum absolute atomic E-state index is 0.290. The van der Waals surface area contributed by atoms with Crippen molar-refractivity contribution in [2.75, 3.05) is 0 Å². The number of rotatable bonds is 4. The van der Waals surface area contributed by atoms with Crippen molar-refractivity contribution in [3.8, 4) is 0 Å². The standard InChI is InChI=1S/C23H22BFO3S/c1-22(2)23(3,4)28-24(27-22)17-11-9-15(10-12-17)21(26)19(25)13-16-14-29-20-8-6-5-7-18(16)20/h5-14H,1-4H3/b19-13-. The van der Waals surface area contributed by atoms with E-state index in [2.05, 4.69) is 0 Å². The summed E-state index contributed by atoms with van der Waals surface area (Å²) < 4.78 is 27.7. The summed E-state index contributed by atoms with van der Waals surface area (Å²) in [4.78, 5) is 12.5. The monoisotopic (exact) mass is 408 g/mol. The summed E-state index contributed by atoms with van der Waals surface area (Å²) in [6.45, 7) is 7.94. The molecule has 0 radical (unpaired) electrons. The van der Waals surface area contributed by atoms with Crippen LogP contribution < -0.4 is 5.46 Å². The fourth-order valence-electron chi connectivity index (χ4n) is 3.22. The molecule has 0 N–H and O–H groups in total. The zero-order valence-electron chi connectivity index (χ0n) is 16.9. The van der Waals surface area contributed by atoms with Crippen molar-refractivity contribution in [2.24, 2.45) is 0 Å². The van der Waals surface area contributed by atoms with Gasteiger partial charge in [-0.2, -0.15) is 0 Å². The van der Waals surface area contributed by atoms with Crippen LogP contribution in [0.25, 0.3) is 16.2 Å². The van der Waals surface area contributed by atoms with Crippen LogP contribution in [0.15, 0.2) is 59.7 Å². The molecule has 0 bridgehead atoms. The molecule has 3 aromatic rings. The third kappa shape index (κ3) is 3.68. The lowest BCUT2D eigenvalue weighted by Crippen LogP contribution is -2.41. The van der Waals surface area contributed by atoms with E-state index in [1.165, 1.54) is 17.4 Å². The van der Waals surface area contributed by atoms with Gasteiger partial charge < -0.3 is 9.31 Å². The zero-order chi connectivity index (χ0) is 20.8. The summed E-state index contributed by atoms with van der Waals surface area (Å²) in [6, 6.07) is 14.5. The third-order valence-electron chi connectivity index (χ3n) is 5.71. The molecular weight excluding hydrogens is 386 g/mol. The van der Waals surface area contributed by atoms with Crippen molar-refractivity contribution in [3.63, 3.8) is 0 Å². The van der Waals surface area contributed by atoms with Crippen molar-refractivity contribution < 1.29 is 18.5 Å². The fraction of sp³-hybridized carbons (Fsp3) is 0.261. The number of allylic oxidation sites excluding steroid dienone is 1. The van der Waals surface area contributed by atoms with Crippen molar-refractivity contribution in [2.45, 2.75) is 38.9 Å². The number of carbonyl (C=O) groups is 1. The Balaban J connectivity index is 1.54. The fourth-order valence-corrected chi connectivity index (χ4v) is 4.14. The van der Waals surface area contributed by atoms with Crippen LogP contribution in [-0.4, -0.2) is 24.1 Å². The van der Waals surface area contributed by atoms with Crippen molar-refractivity contribution in [3.05, 3.63) is 70.9 Å². The van der Waals surface area contributed by atoms with Gasteiger partial charge in [0.1, 0.15) is 0 Å². The van der Waals surface area contributed by atoms with Crippen LogP contribution in [-0.2, 0) is 9.31 Å². The van der Waals surface area contributed by atoms with Gasteiger partial charge in [0, 0.05) is 10.3 Å². The topological polar surface area (TPSA) is 35.5 Å². The normalized spacial score (nSPS) is 18.4. The molecule has 1 fully saturated rings. The van der Waals surface area contributed by atoms with E-state index in [4.69, 9.17) is 9.31 Å². The average Bonchev–Trinajstić information content (AvgIpc) is 3.19. The van der Waals surface area contributed by atoms with Gasteiger partial charge in [0.05, 0.1) is 11.2 Å². The van der Waals surface area contributed by atoms with Gasteiger partial charge in [0.2, 0.25) is 5.78 Å². The largest absolute Gasteiger partial charge is 0.494 e. The molecule has 0 saturated carbocycles. The Morgan fingerprint density at radius 3 is 2.28 bits per heavy atom. The van der Waals surface area contributed by atoms with Gasteiger partial charge in [-0.1, -0.05) is 42.5 Å². The van der Waals surface area contributed by atoms with Crippen LogP contribution in [0.5, 0.6) is 0 Å². The van der Waals surface area contributed by atoms with Crippen molar-refractivity contribution >= 4 is 45.9 Å². The summed E-state index contributed by atoms with van der Waals surface area (Å²) in [6.07, 6.45) is 1.31. The second-order valence-corrected chi connectivity index (χ2v) is 9.13. The molecule has 3 nitrogen and oxygen atoms in total. The summed E-state index contributed by atoms with van der Waals surface area (Å²) in [7, 11) is -0.512. The molecule has 0 amide bonds. The molecular formula is C23H22BFO3S. The lowest BCUT2D eigenvalue weighted by atomic mass is 9.78. The Labute approximate surface area is 174 Å². The average molecular weight is 408 g/mol. The maximum atomic E-state index is 14.6. The SMILES string of the molecule is CC1(C)OB(c2ccc(C(=O)/C(F)=C/c3csc4ccccc34)cc2)OC1(C)C. The lowest BCUT2D eigenvalue weighted by molar-refractivity contribution is 0.00578. The van der Waals surface area contributed by atoms with Gasteiger partial charge in [-0.05, 0) is 61.6 Å². The van der Waals surface area contributed by atoms with E-state index < -0.39 is 29.9 Å². The maximum Gasteiger partial charge on any atom is 0.494 e. The molecule has 0 aliphatic carbocycles. The molecule has 1 aliphatic heterocycles. The van der Waals surface area contributed by atoms with Gasteiger partial charge in [0.15, 0.2) is 5.83 Å². The highest BCUT2D eigenvalue weighted by atomic mass is 32.1. The zero-order valence-corrected chi connectivity index (χ0v) is 17.7. The molecule has 1 aliphatic rings. The number of fused-ring (bicyclic) bond motifs is 1. The molecule has 2 heterocycles. The highest BCUT2D eigenvalue weighted by molar-refractivity contribution is 7.17. The van der Waals surface area contributed by atoms with E-state index in [1.807, 2.05) is 57.3 Å². The first-order chi connectivity index (χ1) is 13.7. The molecule has 6 heteroatoms. The molecule has 4 rings (SSSR count). The first kappa shape index (κ1) is 20.0. The molecule has 148 valence electrons. The summed E-state index contributed by atoms with van der Waals surface area (Å²) in [5.41, 5.74) is 0.923. The Morgan fingerprint density at radius 2 is 1.62 bits per heavy atom. The first-order valence-corrected chi connectivity index (χ1v) is 10.4. The van der Waals surface area contributed by atoms with Gasteiger partial charge in [-0.25, -0.2) is 4.39 Å². The van der Waals surface area contributed by atoms with E-state index in [-0.39, 0.29) is 0 Å². The van der Waals surface area contributed by atoms with Crippen LogP contribution in [0.1, 0.15) is 43.6 Å². The predicted octanol–water partition coefficient (Wildman–Crippen LogP) is 5.39. The second-order valence-electron chi connectivity index (χ2n) is 8.22. The Morgan fingerprint density at radius 1 is 1.00 bits per heavy atom. The molecule has 0 unspecified atom stereocenters. The molecule has 1 saturated heterocycles. The number of ketones is 1. The van der Waals surface area contributed by atoms with E-state index in [1.54, 1.807) is 24.3 Å². The smallest absolute Gasteiger partial charge is 0.399 e. The number of hydrogen-bond acceptors (Lipinski definition) is 4. The van der Waals surface area contributed by atoms with Crippen LogP contribution in [0.2, 0.25) is 0 Å². The number of carbonyl (C=O) groups excluding carboxylic acids is 1. The van der Waals surface area contributed by atoms with Gasteiger partial charge >= 0.3 is 7.12 Å². The Bertz CT molecular complexity index is 1080. The van der Waals surface area contributed by atoms with Crippen LogP contribution in [0.4, 0.5) is 4.39 Å². The Hall–Kier alpha value is -2.28. The number of Topliss-reactive ketones (excluding diaryl/α,β-unsaturated/α-hetero) is 1. The summed E-state index contributed by atoms with van der Waals surface area (Å²) in [5, 5.41) is 2.80. The van der Waals surface area contributed by atoms with Crippen LogP contribution >= 0.6 is 11.3 Å². The highest BCUT2D eigenvalue weighted by Gasteiger charge is 2.51. The lowest BCUT2D eigenvalue weighted by Gasteiger charge is -2.32. The van der Waals surface area contributed by atoms with E-state index in [0.29, 0.717) is 11.1 Å². The number of hydrogen-bond donors (Lipinski definition) is 0. The molecule has 0 spiro atoms. The molecule has 29 heavy (non-hydrogen) atoms. The van der Waals surface area contributed by atoms with E-state index in [9.17, 15) is 9.18 Å². The van der Waals surface area contributed by atoms with Gasteiger partial charge in [0.25, 0.3) is 0 Å². The van der Waals surface area contributed by atoms with Crippen LogP contribution in [0.3, 0.4) is 0 Å². The third-order valence-corrected chi connectivity index (χ3v) is 6.69. The number of halogens is 1. The van der Waals surface area contributed by atoms with E-state index >= 15 is 0 Å². The molecule has 0 atom stereocenters. The van der Waals surface area contributed by atoms with E-state index in [0.717, 1.165) is 15.5 Å². The van der Waals surface area contributed by atoms with Crippen molar-refractivity contribution in [1.82, 2.24) is 0 Å². The van der Waals surface area contributed by atoms with Crippen LogP contribution in [0, 0.1) is 0 Å². The van der Waals surface area contributed by atoms with Gasteiger partial charge in [-0.3, -0.25) is 4.79 Å². The number of benzene rings is 2. The Kier molecular flexibility index (Phi) is 4.97. The van der Waals surface area contributed by atoms with Crippen molar-refractivity contribution in [1.29, 1.82) is 0 Å². The second kappa shape index (κ2) is 7.20. The highest BCUT2D eigenvalue weighted by Crippen LogP contribution is 2.36. The maximum absolute atomic E-state index is 14.6. The van der Waals surface area contributed by atoms with Gasteiger partial charge in [-0.15, -0.1) is 11.3 Å². The summed E-state index contributed by atoms with van der Waals surface area (Å²) >= 11 is 1.53. The number of thiophene rings is 1. The quantitative estimate of drug-likeness (QED) is 0.330. The molecule has 2 aromatic carbocycles. The first-order valence-electron chi connectivity index (χ1n) is 9.52. The predicted molar refractivity (Wildman–Crippen MR) is 117 cm³/mol. The minimum Gasteiger partial charge on any atom is -0.399 e. The molecule has 1 aromatic heterocycles.